The van der Waals surface area contributed by atoms with Crippen LogP contribution in [0, 0.1) is 11.8 Å². The summed E-state index contributed by atoms with van der Waals surface area (Å²) in [4.78, 5) is 2.72. The Hall–Kier alpha value is -0.0800. The van der Waals surface area contributed by atoms with E-state index in [2.05, 4.69) is 31.0 Å². The standard InChI is InChI=1S/C13H26N2/c1-11(2)8-14-9-12-4-7-15(10-12)13(3)5-6-13/h11-12,14H,4-10H2,1-3H3. The van der Waals surface area contributed by atoms with Crippen molar-refractivity contribution in [3.8, 4) is 0 Å². The van der Waals surface area contributed by atoms with Crippen LogP contribution in [0.5, 0.6) is 0 Å². The van der Waals surface area contributed by atoms with Gasteiger partial charge in [0.15, 0.2) is 0 Å². The third-order valence-electron chi connectivity index (χ3n) is 4.01. The van der Waals surface area contributed by atoms with Crippen molar-refractivity contribution in [2.45, 2.75) is 45.6 Å². The van der Waals surface area contributed by atoms with Gasteiger partial charge in [-0.15, -0.1) is 0 Å². The third-order valence-corrected chi connectivity index (χ3v) is 4.01. The fourth-order valence-corrected chi connectivity index (χ4v) is 2.56. The first-order chi connectivity index (χ1) is 7.10. The molecule has 2 rings (SSSR count). The summed E-state index contributed by atoms with van der Waals surface area (Å²) in [6.07, 6.45) is 4.26. The highest BCUT2D eigenvalue weighted by Crippen LogP contribution is 2.43. The SMILES string of the molecule is CC(C)CNCC1CCN(C2(C)CC2)C1. The Bertz CT molecular complexity index is 209. The summed E-state index contributed by atoms with van der Waals surface area (Å²) in [7, 11) is 0. The van der Waals surface area contributed by atoms with Gasteiger partial charge in [0, 0.05) is 12.1 Å². The number of rotatable bonds is 5. The molecule has 1 N–H and O–H groups in total. The van der Waals surface area contributed by atoms with Gasteiger partial charge in [-0.3, -0.25) is 4.90 Å². The Morgan fingerprint density at radius 1 is 1.40 bits per heavy atom. The Balaban J connectivity index is 1.65. The predicted octanol–water partition coefficient (Wildman–Crippen LogP) is 2.11. The molecule has 2 aliphatic rings. The second-order valence-electron chi connectivity index (χ2n) is 6.15. The summed E-state index contributed by atoms with van der Waals surface area (Å²) in [5, 5.41) is 3.59. The number of nitrogens with zero attached hydrogens (tertiary/aromatic N) is 1. The molecule has 1 saturated carbocycles. The van der Waals surface area contributed by atoms with Crippen LogP contribution in [-0.4, -0.2) is 36.6 Å². The van der Waals surface area contributed by atoms with Crippen LogP contribution in [0.2, 0.25) is 0 Å². The van der Waals surface area contributed by atoms with Gasteiger partial charge in [-0.2, -0.15) is 0 Å². The van der Waals surface area contributed by atoms with Crippen molar-refractivity contribution in [1.29, 1.82) is 0 Å². The van der Waals surface area contributed by atoms with E-state index in [0.717, 1.165) is 11.8 Å². The van der Waals surface area contributed by atoms with E-state index in [-0.39, 0.29) is 0 Å². The highest BCUT2D eigenvalue weighted by molar-refractivity contribution is 5.02. The minimum absolute atomic E-state index is 0.604. The van der Waals surface area contributed by atoms with Crippen LogP contribution in [0.15, 0.2) is 0 Å². The quantitative estimate of drug-likeness (QED) is 0.747. The van der Waals surface area contributed by atoms with Crippen LogP contribution in [0.3, 0.4) is 0 Å². The van der Waals surface area contributed by atoms with Crippen LogP contribution < -0.4 is 5.32 Å². The molecular formula is C13H26N2. The van der Waals surface area contributed by atoms with E-state index in [0.29, 0.717) is 5.54 Å². The van der Waals surface area contributed by atoms with E-state index < -0.39 is 0 Å². The molecule has 1 aliphatic carbocycles. The maximum absolute atomic E-state index is 3.59. The molecule has 1 heterocycles. The molecule has 88 valence electrons. The molecular weight excluding hydrogens is 184 g/mol. The van der Waals surface area contributed by atoms with Crippen molar-refractivity contribution in [2.24, 2.45) is 11.8 Å². The van der Waals surface area contributed by atoms with Crippen molar-refractivity contribution in [1.82, 2.24) is 10.2 Å². The van der Waals surface area contributed by atoms with Gasteiger partial charge in [0.2, 0.25) is 0 Å². The lowest BCUT2D eigenvalue weighted by atomic mass is 10.1. The molecule has 1 aliphatic heterocycles. The molecule has 2 heteroatoms. The Morgan fingerprint density at radius 3 is 2.73 bits per heavy atom. The number of hydrogen-bond donors (Lipinski definition) is 1. The lowest BCUT2D eigenvalue weighted by molar-refractivity contribution is 0.229. The van der Waals surface area contributed by atoms with Crippen LogP contribution >= 0.6 is 0 Å². The molecule has 0 radical (unpaired) electrons. The monoisotopic (exact) mass is 210 g/mol. The van der Waals surface area contributed by atoms with Crippen LogP contribution in [0.25, 0.3) is 0 Å². The van der Waals surface area contributed by atoms with Crippen molar-refractivity contribution in [2.75, 3.05) is 26.2 Å². The number of nitrogens with one attached hydrogen (secondary N) is 1. The lowest BCUT2D eigenvalue weighted by Gasteiger charge is -2.23. The molecule has 0 aromatic carbocycles. The molecule has 0 aromatic rings. The third kappa shape index (κ3) is 2.94. The molecule has 0 aromatic heterocycles. The Morgan fingerprint density at radius 2 is 2.13 bits per heavy atom. The van der Waals surface area contributed by atoms with Gasteiger partial charge < -0.3 is 5.32 Å². The zero-order chi connectivity index (χ0) is 10.9. The minimum Gasteiger partial charge on any atom is -0.316 e. The van der Waals surface area contributed by atoms with Gasteiger partial charge in [0.05, 0.1) is 0 Å². The first kappa shape index (κ1) is 11.4. The fraction of sp³-hybridized carbons (Fsp3) is 1.00. The zero-order valence-corrected chi connectivity index (χ0v) is 10.6. The van der Waals surface area contributed by atoms with E-state index in [1.165, 1.54) is 45.4 Å². The first-order valence-electron chi connectivity index (χ1n) is 6.56. The summed E-state index contributed by atoms with van der Waals surface area (Å²) in [6, 6.07) is 0. The molecule has 1 saturated heterocycles. The average molecular weight is 210 g/mol. The van der Waals surface area contributed by atoms with Gasteiger partial charge in [0.25, 0.3) is 0 Å². The first-order valence-corrected chi connectivity index (χ1v) is 6.56. The average Bonchev–Trinajstić information content (AvgIpc) is 2.76. The second kappa shape index (κ2) is 4.42. The molecule has 15 heavy (non-hydrogen) atoms. The molecule has 2 nitrogen and oxygen atoms in total. The summed E-state index contributed by atoms with van der Waals surface area (Å²) < 4.78 is 0. The molecule has 2 fully saturated rings. The Labute approximate surface area is 94.4 Å². The van der Waals surface area contributed by atoms with Crippen molar-refractivity contribution >= 4 is 0 Å². The number of likely N-dealkylation sites (tertiary alicyclic amines) is 1. The normalized spacial score (nSPS) is 30.0. The summed E-state index contributed by atoms with van der Waals surface area (Å²) >= 11 is 0. The summed E-state index contributed by atoms with van der Waals surface area (Å²) in [6.45, 7) is 12.1. The fourth-order valence-electron chi connectivity index (χ4n) is 2.56. The van der Waals surface area contributed by atoms with E-state index >= 15 is 0 Å². The van der Waals surface area contributed by atoms with Gasteiger partial charge in [-0.25, -0.2) is 0 Å². The molecule has 0 amide bonds. The highest BCUT2D eigenvalue weighted by atomic mass is 15.2. The van der Waals surface area contributed by atoms with E-state index in [1.54, 1.807) is 0 Å². The van der Waals surface area contributed by atoms with Crippen molar-refractivity contribution in [3.05, 3.63) is 0 Å². The van der Waals surface area contributed by atoms with E-state index in [9.17, 15) is 0 Å². The van der Waals surface area contributed by atoms with Gasteiger partial charge in [-0.05, 0) is 57.7 Å². The molecule has 1 unspecified atom stereocenters. The van der Waals surface area contributed by atoms with Crippen molar-refractivity contribution < 1.29 is 0 Å². The smallest absolute Gasteiger partial charge is 0.0182 e. The van der Waals surface area contributed by atoms with Crippen LogP contribution in [0.1, 0.15) is 40.0 Å². The van der Waals surface area contributed by atoms with Crippen LogP contribution in [-0.2, 0) is 0 Å². The lowest BCUT2D eigenvalue weighted by Crippen LogP contribution is -2.34. The zero-order valence-electron chi connectivity index (χ0n) is 10.6. The van der Waals surface area contributed by atoms with Crippen molar-refractivity contribution in [3.63, 3.8) is 0 Å². The number of hydrogen-bond acceptors (Lipinski definition) is 2. The van der Waals surface area contributed by atoms with Crippen LogP contribution in [0.4, 0.5) is 0 Å². The van der Waals surface area contributed by atoms with E-state index in [1.807, 2.05) is 0 Å². The Kier molecular flexibility index (Phi) is 3.36. The summed E-state index contributed by atoms with van der Waals surface area (Å²) in [5.41, 5.74) is 0.604. The topological polar surface area (TPSA) is 15.3 Å². The predicted molar refractivity (Wildman–Crippen MR) is 65.0 cm³/mol. The molecule has 0 spiro atoms. The molecule has 0 bridgehead atoms. The van der Waals surface area contributed by atoms with Gasteiger partial charge >= 0.3 is 0 Å². The van der Waals surface area contributed by atoms with Gasteiger partial charge in [0.1, 0.15) is 0 Å². The second-order valence-corrected chi connectivity index (χ2v) is 6.15. The van der Waals surface area contributed by atoms with Gasteiger partial charge in [-0.1, -0.05) is 13.8 Å². The largest absolute Gasteiger partial charge is 0.316 e. The minimum atomic E-state index is 0.604. The highest BCUT2D eigenvalue weighted by Gasteiger charge is 2.45. The maximum atomic E-state index is 3.59. The summed E-state index contributed by atoms with van der Waals surface area (Å²) in [5.74, 6) is 1.68. The van der Waals surface area contributed by atoms with E-state index in [4.69, 9.17) is 0 Å². The molecule has 1 atom stereocenters. The maximum Gasteiger partial charge on any atom is 0.0182 e.